The quantitative estimate of drug-likeness (QED) is 0.579. The second-order valence-electron chi connectivity index (χ2n) is 8.49. The van der Waals surface area contributed by atoms with Crippen LogP contribution in [0.5, 0.6) is 0 Å². The number of likely N-dealkylation sites (tertiary alicyclic amines) is 1. The summed E-state index contributed by atoms with van der Waals surface area (Å²) >= 11 is 0. The second kappa shape index (κ2) is 10.3. The maximum Gasteiger partial charge on any atom is 0.248 e. The Bertz CT molecular complexity index is 1130. The molecule has 4 N–H and O–H groups in total. The minimum Gasteiger partial charge on any atom is -0.368 e. The number of nitrogen functional groups attached to an aromatic ring is 1. The van der Waals surface area contributed by atoms with Crippen LogP contribution in [-0.4, -0.2) is 39.8 Å². The minimum absolute atomic E-state index is 0.0503. The van der Waals surface area contributed by atoms with Gasteiger partial charge in [0.05, 0.1) is 5.69 Å². The van der Waals surface area contributed by atoms with Gasteiger partial charge in [-0.05, 0) is 48.9 Å². The Kier molecular flexibility index (Phi) is 6.98. The Labute approximate surface area is 193 Å². The third-order valence-electron chi connectivity index (χ3n) is 6.15. The molecular formula is C26H29N5O2. The van der Waals surface area contributed by atoms with Crippen LogP contribution in [0, 0.1) is 0 Å². The lowest BCUT2D eigenvalue weighted by atomic mass is 9.89. The zero-order chi connectivity index (χ0) is 23.2. The van der Waals surface area contributed by atoms with Crippen LogP contribution in [-0.2, 0) is 11.2 Å². The van der Waals surface area contributed by atoms with Crippen LogP contribution in [0.1, 0.15) is 53.2 Å². The zero-order valence-electron chi connectivity index (χ0n) is 18.6. The third-order valence-corrected chi connectivity index (χ3v) is 6.15. The largest absolute Gasteiger partial charge is 0.368 e. The normalized spacial score (nSPS) is 15.9. The number of nitrogens with two attached hydrogens (primary N) is 2. The molecule has 7 heteroatoms. The molecule has 0 radical (unpaired) electrons. The van der Waals surface area contributed by atoms with E-state index in [0.29, 0.717) is 18.5 Å². The van der Waals surface area contributed by atoms with Crippen molar-refractivity contribution in [1.29, 1.82) is 0 Å². The van der Waals surface area contributed by atoms with Gasteiger partial charge >= 0.3 is 0 Å². The fraction of sp³-hybridized carbons (Fsp3) is 0.308. The molecule has 1 saturated heterocycles. The van der Waals surface area contributed by atoms with Gasteiger partial charge < -0.3 is 16.4 Å². The molecule has 1 aromatic heterocycles. The lowest BCUT2D eigenvalue weighted by Gasteiger charge is -2.33. The summed E-state index contributed by atoms with van der Waals surface area (Å²) in [5.41, 5.74) is 15.5. The monoisotopic (exact) mass is 443 g/mol. The van der Waals surface area contributed by atoms with E-state index in [2.05, 4.69) is 22.1 Å². The van der Waals surface area contributed by atoms with Gasteiger partial charge in [-0.25, -0.2) is 9.97 Å². The van der Waals surface area contributed by atoms with Crippen molar-refractivity contribution < 1.29 is 9.59 Å². The molecule has 2 heterocycles. The van der Waals surface area contributed by atoms with E-state index in [-0.39, 0.29) is 17.8 Å². The van der Waals surface area contributed by atoms with Gasteiger partial charge in [0.25, 0.3) is 0 Å². The number of nitrogens with zero attached hydrogens (tertiary/aromatic N) is 3. The van der Waals surface area contributed by atoms with E-state index in [1.807, 2.05) is 29.2 Å². The van der Waals surface area contributed by atoms with E-state index in [1.54, 1.807) is 24.4 Å². The number of primary amides is 1. The summed E-state index contributed by atoms with van der Waals surface area (Å²) in [5.74, 6) is -0.0601. The summed E-state index contributed by atoms with van der Waals surface area (Å²) in [5, 5.41) is 0. The number of anilines is 1. The highest BCUT2D eigenvalue weighted by Gasteiger charge is 2.28. The third kappa shape index (κ3) is 5.55. The van der Waals surface area contributed by atoms with Crippen LogP contribution in [0.25, 0.3) is 11.1 Å². The number of amides is 2. The summed E-state index contributed by atoms with van der Waals surface area (Å²) in [6, 6.07) is 17.4. The number of aromatic nitrogens is 2. The molecule has 0 saturated carbocycles. The first-order chi connectivity index (χ1) is 16.0. The van der Waals surface area contributed by atoms with E-state index < -0.39 is 5.91 Å². The molecule has 0 spiro atoms. The van der Waals surface area contributed by atoms with E-state index in [4.69, 9.17) is 11.5 Å². The molecule has 1 atom stereocenters. The number of carbonyl (C=O) groups excluding carboxylic acids is 2. The molecule has 170 valence electrons. The van der Waals surface area contributed by atoms with Crippen molar-refractivity contribution >= 4 is 17.8 Å². The molecule has 1 unspecified atom stereocenters. The van der Waals surface area contributed by atoms with Crippen LogP contribution in [0.2, 0.25) is 0 Å². The smallest absolute Gasteiger partial charge is 0.248 e. The summed E-state index contributed by atoms with van der Waals surface area (Å²) in [7, 11) is 0. The number of hydrogen-bond donors (Lipinski definition) is 2. The lowest BCUT2D eigenvalue weighted by Crippen LogP contribution is -2.39. The molecule has 1 aliphatic rings. The summed E-state index contributed by atoms with van der Waals surface area (Å²) in [6.07, 6.45) is 5.76. The van der Waals surface area contributed by atoms with Gasteiger partial charge in [-0.1, -0.05) is 42.5 Å². The maximum atomic E-state index is 12.9. The van der Waals surface area contributed by atoms with Gasteiger partial charge in [0, 0.05) is 42.8 Å². The number of hydrogen-bond acceptors (Lipinski definition) is 5. The number of piperidine rings is 1. The molecule has 4 rings (SSSR count). The Balaban J connectivity index is 1.48. The molecule has 2 amide bonds. The highest BCUT2D eigenvalue weighted by molar-refractivity contribution is 5.94. The van der Waals surface area contributed by atoms with Gasteiger partial charge in [-0.3, -0.25) is 9.59 Å². The highest BCUT2D eigenvalue weighted by Crippen LogP contribution is 2.34. The molecule has 1 fully saturated rings. The maximum absolute atomic E-state index is 12.9. The molecule has 7 nitrogen and oxygen atoms in total. The lowest BCUT2D eigenvalue weighted by molar-refractivity contribution is -0.132. The van der Waals surface area contributed by atoms with E-state index >= 15 is 0 Å². The minimum atomic E-state index is -0.486. The molecule has 0 bridgehead atoms. The van der Waals surface area contributed by atoms with Crippen LogP contribution in [0.15, 0.2) is 60.8 Å². The molecule has 3 aromatic rings. The summed E-state index contributed by atoms with van der Waals surface area (Å²) in [6.45, 7) is 1.36. The number of carbonyl (C=O) groups is 2. The molecule has 0 aliphatic carbocycles. The van der Waals surface area contributed by atoms with Crippen molar-refractivity contribution in [2.75, 3.05) is 18.8 Å². The highest BCUT2D eigenvalue weighted by atomic mass is 16.2. The number of benzene rings is 2. The van der Waals surface area contributed by atoms with E-state index in [1.165, 1.54) is 5.56 Å². The van der Waals surface area contributed by atoms with Crippen molar-refractivity contribution in [1.82, 2.24) is 14.9 Å². The average molecular weight is 444 g/mol. The van der Waals surface area contributed by atoms with Gasteiger partial charge in [0.15, 0.2) is 0 Å². The zero-order valence-corrected chi connectivity index (χ0v) is 18.6. The van der Waals surface area contributed by atoms with Crippen molar-refractivity contribution in [3.05, 3.63) is 77.6 Å². The molecule has 1 aliphatic heterocycles. The van der Waals surface area contributed by atoms with E-state index in [0.717, 1.165) is 49.0 Å². The molecule has 2 aromatic carbocycles. The van der Waals surface area contributed by atoms with Crippen LogP contribution < -0.4 is 11.5 Å². The van der Waals surface area contributed by atoms with Crippen LogP contribution in [0.4, 0.5) is 5.95 Å². The van der Waals surface area contributed by atoms with Crippen LogP contribution in [0.3, 0.4) is 0 Å². The SMILES string of the molecule is NC(=O)c1cccc(-c2cnc(N)nc2C2CCCN(C(=O)CCCc3ccccc3)C2)c1. The molecule has 33 heavy (non-hydrogen) atoms. The van der Waals surface area contributed by atoms with Crippen molar-refractivity contribution in [3.8, 4) is 11.1 Å². The van der Waals surface area contributed by atoms with Crippen molar-refractivity contribution in [3.63, 3.8) is 0 Å². The second-order valence-corrected chi connectivity index (χ2v) is 8.49. The number of rotatable bonds is 7. The van der Waals surface area contributed by atoms with Gasteiger partial charge in [0.1, 0.15) is 0 Å². The first kappa shape index (κ1) is 22.5. The fourth-order valence-electron chi connectivity index (χ4n) is 4.46. The van der Waals surface area contributed by atoms with Gasteiger partial charge in [-0.15, -0.1) is 0 Å². The van der Waals surface area contributed by atoms with Gasteiger partial charge in [-0.2, -0.15) is 0 Å². The standard InChI is InChI=1S/C26H29N5O2/c27-25(33)20-11-5-10-19(15-20)22-16-29-26(28)30-24(22)21-12-6-14-31(17-21)23(32)13-4-9-18-7-2-1-3-8-18/h1-3,5,7-8,10-11,15-16,21H,4,6,9,12-14,17H2,(H2,27,33)(H2,28,29,30). The predicted octanol–water partition coefficient (Wildman–Crippen LogP) is 3.55. The van der Waals surface area contributed by atoms with E-state index in [9.17, 15) is 9.59 Å². The topological polar surface area (TPSA) is 115 Å². The van der Waals surface area contributed by atoms with Crippen molar-refractivity contribution in [2.45, 2.75) is 38.0 Å². The summed E-state index contributed by atoms with van der Waals surface area (Å²) < 4.78 is 0. The number of aryl methyl sites for hydroxylation is 1. The Morgan fingerprint density at radius 2 is 1.91 bits per heavy atom. The first-order valence-electron chi connectivity index (χ1n) is 11.4. The summed E-state index contributed by atoms with van der Waals surface area (Å²) in [4.78, 5) is 35.3. The Hall–Kier alpha value is -3.74. The van der Waals surface area contributed by atoms with Crippen molar-refractivity contribution in [2.24, 2.45) is 5.73 Å². The first-order valence-corrected chi connectivity index (χ1v) is 11.4. The molecular weight excluding hydrogens is 414 g/mol. The average Bonchev–Trinajstić information content (AvgIpc) is 2.84. The van der Waals surface area contributed by atoms with Gasteiger partial charge in [0.2, 0.25) is 17.8 Å². The Morgan fingerprint density at radius 1 is 1.09 bits per heavy atom. The Morgan fingerprint density at radius 3 is 2.70 bits per heavy atom. The fourth-order valence-corrected chi connectivity index (χ4v) is 4.46. The van der Waals surface area contributed by atoms with Crippen LogP contribution >= 0.6 is 0 Å². The predicted molar refractivity (Wildman–Crippen MR) is 128 cm³/mol.